The Labute approximate surface area is 123 Å². The Bertz CT molecular complexity index is 527. The fourth-order valence-corrected chi connectivity index (χ4v) is 2.30. The highest BCUT2D eigenvalue weighted by molar-refractivity contribution is 5.81. The zero-order chi connectivity index (χ0) is 15.6. The highest BCUT2D eigenvalue weighted by Gasteiger charge is 2.42. The maximum Gasteiger partial charge on any atom is 0.411 e. The molecule has 0 spiro atoms. The van der Waals surface area contributed by atoms with Gasteiger partial charge < -0.3 is 9.84 Å². The summed E-state index contributed by atoms with van der Waals surface area (Å²) in [6.45, 7) is 5.48. The summed E-state index contributed by atoms with van der Waals surface area (Å²) in [5, 5.41) is 9.31. The van der Waals surface area contributed by atoms with Crippen LogP contribution in [0.5, 0.6) is 0 Å². The Morgan fingerprint density at radius 3 is 2.48 bits per heavy atom. The molecule has 1 aromatic rings. The van der Waals surface area contributed by atoms with E-state index in [1.54, 1.807) is 39.2 Å². The molecule has 0 bridgehead atoms. The minimum atomic E-state index is -1.04. The molecule has 1 N–H and O–H groups in total. The van der Waals surface area contributed by atoms with Crippen LogP contribution in [0.2, 0.25) is 0 Å². The maximum absolute atomic E-state index is 12.2. The third kappa shape index (κ3) is 3.68. The summed E-state index contributed by atoms with van der Waals surface area (Å²) in [5.74, 6) is -0.686. The molecule has 1 aliphatic heterocycles. The minimum Gasteiger partial charge on any atom is -0.480 e. The summed E-state index contributed by atoms with van der Waals surface area (Å²) in [6, 6.07) is 0.785. The number of carbonyl (C=O) groups excluding carboxylic acids is 1. The zero-order valence-electron chi connectivity index (χ0n) is 12.3. The van der Waals surface area contributed by atoms with E-state index in [4.69, 9.17) is 4.74 Å². The first-order valence-corrected chi connectivity index (χ1v) is 6.77. The van der Waals surface area contributed by atoms with Crippen molar-refractivity contribution in [1.82, 2.24) is 14.9 Å². The van der Waals surface area contributed by atoms with Gasteiger partial charge in [-0.1, -0.05) is 0 Å². The predicted octanol–water partition coefficient (Wildman–Crippen LogP) is 1.65. The topological polar surface area (TPSA) is 92.6 Å². The number of hydrogen-bond acceptors (Lipinski definition) is 5. The van der Waals surface area contributed by atoms with Gasteiger partial charge >= 0.3 is 12.1 Å². The summed E-state index contributed by atoms with van der Waals surface area (Å²) in [4.78, 5) is 33.0. The first-order chi connectivity index (χ1) is 9.78. The first kappa shape index (κ1) is 15.2. The number of hydrogen-bond donors (Lipinski definition) is 1. The Balaban J connectivity index is 2.16. The lowest BCUT2D eigenvalue weighted by molar-refractivity contribution is -0.142. The van der Waals surface area contributed by atoms with Crippen molar-refractivity contribution in [2.75, 3.05) is 6.54 Å². The van der Waals surface area contributed by atoms with Gasteiger partial charge in [0.1, 0.15) is 17.5 Å². The zero-order valence-corrected chi connectivity index (χ0v) is 12.3. The van der Waals surface area contributed by atoms with Gasteiger partial charge in [0.2, 0.25) is 0 Å². The lowest BCUT2D eigenvalue weighted by atomic mass is 10.1. The number of aromatic nitrogens is 2. The molecule has 0 radical (unpaired) electrons. The molecule has 2 heterocycles. The third-order valence-electron chi connectivity index (χ3n) is 3.17. The lowest BCUT2D eigenvalue weighted by Gasteiger charge is -2.26. The van der Waals surface area contributed by atoms with Gasteiger partial charge in [0.05, 0.1) is 0 Å². The summed E-state index contributed by atoms with van der Waals surface area (Å²) < 4.78 is 5.27. The molecule has 0 aliphatic carbocycles. The molecule has 114 valence electrons. The Morgan fingerprint density at radius 1 is 1.33 bits per heavy atom. The standard InChI is InChI=1S/C14H19N3O4/c1-14(2,3)21-13(20)17-8-9(7-10(17)12(18)19)11-15-5-4-6-16-11/h4-6,9-10H,7-8H2,1-3H3,(H,18,19)/t9?,10-/m1/s1. The van der Waals surface area contributed by atoms with Crippen LogP contribution in [0.3, 0.4) is 0 Å². The van der Waals surface area contributed by atoms with E-state index in [1.165, 1.54) is 4.90 Å². The molecular formula is C14H19N3O4. The number of carboxylic acids is 1. The maximum atomic E-state index is 12.2. The number of carbonyl (C=O) groups is 2. The van der Waals surface area contributed by atoms with E-state index in [2.05, 4.69) is 9.97 Å². The SMILES string of the molecule is CC(C)(C)OC(=O)N1CC(c2ncccn2)C[C@@H]1C(=O)O. The predicted molar refractivity (Wildman–Crippen MR) is 73.8 cm³/mol. The normalized spacial score (nSPS) is 22.1. The van der Waals surface area contributed by atoms with E-state index in [0.717, 1.165) is 0 Å². The molecule has 2 atom stereocenters. The fraction of sp³-hybridized carbons (Fsp3) is 0.571. The molecule has 7 heteroatoms. The lowest BCUT2D eigenvalue weighted by Crippen LogP contribution is -2.43. The summed E-state index contributed by atoms with van der Waals surface area (Å²) in [5.41, 5.74) is -0.665. The average molecular weight is 293 g/mol. The van der Waals surface area contributed by atoms with Gasteiger partial charge in [-0.2, -0.15) is 0 Å². The van der Waals surface area contributed by atoms with E-state index >= 15 is 0 Å². The van der Waals surface area contributed by atoms with Crippen molar-refractivity contribution in [3.8, 4) is 0 Å². The molecule has 1 aliphatic rings. The number of rotatable bonds is 2. The molecular weight excluding hydrogens is 274 g/mol. The van der Waals surface area contributed by atoms with Crippen LogP contribution in [-0.2, 0) is 9.53 Å². The second kappa shape index (κ2) is 5.67. The fourth-order valence-electron chi connectivity index (χ4n) is 2.30. The van der Waals surface area contributed by atoms with E-state index < -0.39 is 23.7 Å². The third-order valence-corrected chi connectivity index (χ3v) is 3.17. The summed E-state index contributed by atoms with van der Waals surface area (Å²) in [7, 11) is 0. The number of nitrogens with zero attached hydrogens (tertiary/aromatic N) is 3. The van der Waals surface area contributed by atoms with Crippen molar-refractivity contribution in [2.45, 2.75) is 44.8 Å². The highest BCUT2D eigenvalue weighted by Crippen LogP contribution is 2.31. The highest BCUT2D eigenvalue weighted by atomic mass is 16.6. The van der Waals surface area contributed by atoms with Crippen LogP contribution in [0.15, 0.2) is 18.5 Å². The van der Waals surface area contributed by atoms with E-state index in [9.17, 15) is 14.7 Å². The molecule has 0 saturated carbocycles. The number of ether oxygens (including phenoxy) is 1. The molecule has 1 saturated heterocycles. The van der Waals surface area contributed by atoms with Gasteiger partial charge in [0.15, 0.2) is 0 Å². The largest absolute Gasteiger partial charge is 0.480 e. The van der Waals surface area contributed by atoms with Crippen molar-refractivity contribution < 1.29 is 19.4 Å². The molecule has 1 unspecified atom stereocenters. The molecule has 2 rings (SSSR count). The molecule has 1 aromatic heterocycles. The molecule has 0 aromatic carbocycles. The Hall–Kier alpha value is -2.18. The Morgan fingerprint density at radius 2 is 1.95 bits per heavy atom. The average Bonchev–Trinajstić information content (AvgIpc) is 2.83. The van der Waals surface area contributed by atoms with E-state index in [0.29, 0.717) is 12.2 Å². The van der Waals surface area contributed by atoms with Crippen molar-refractivity contribution in [3.05, 3.63) is 24.3 Å². The van der Waals surface area contributed by atoms with E-state index in [-0.39, 0.29) is 12.5 Å². The molecule has 7 nitrogen and oxygen atoms in total. The van der Waals surface area contributed by atoms with Gasteiger partial charge in [0, 0.05) is 24.9 Å². The van der Waals surface area contributed by atoms with E-state index in [1.807, 2.05) is 0 Å². The second-order valence-electron chi connectivity index (χ2n) is 6.03. The van der Waals surface area contributed by atoms with Crippen LogP contribution < -0.4 is 0 Å². The molecule has 1 fully saturated rings. The quantitative estimate of drug-likeness (QED) is 0.891. The van der Waals surface area contributed by atoms with Gasteiger partial charge in [-0.05, 0) is 33.3 Å². The van der Waals surface area contributed by atoms with Crippen LogP contribution >= 0.6 is 0 Å². The number of carboxylic acid groups (broad SMARTS) is 1. The van der Waals surface area contributed by atoms with Crippen LogP contribution in [0.4, 0.5) is 4.79 Å². The molecule has 1 amide bonds. The van der Waals surface area contributed by atoms with Crippen molar-refractivity contribution in [1.29, 1.82) is 0 Å². The summed E-state index contributed by atoms with van der Waals surface area (Å²) >= 11 is 0. The van der Waals surface area contributed by atoms with Crippen molar-refractivity contribution >= 4 is 12.1 Å². The second-order valence-corrected chi connectivity index (χ2v) is 6.03. The molecule has 21 heavy (non-hydrogen) atoms. The van der Waals surface area contributed by atoms with Crippen molar-refractivity contribution in [2.24, 2.45) is 0 Å². The van der Waals surface area contributed by atoms with Gasteiger partial charge in [-0.3, -0.25) is 4.90 Å². The number of amides is 1. The van der Waals surface area contributed by atoms with Gasteiger partial charge in [-0.25, -0.2) is 19.6 Å². The van der Waals surface area contributed by atoms with Crippen LogP contribution in [-0.4, -0.2) is 50.2 Å². The smallest absolute Gasteiger partial charge is 0.411 e. The van der Waals surface area contributed by atoms with Gasteiger partial charge in [0.25, 0.3) is 0 Å². The Kier molecular flexibility index (Phi) is 4.11. The monoisotopic (exact) mass is 293 g/mol. The number of aliphatic carboxylic acids is 1. The van der Waals surface area contributed by atoms with Crippen LogP contribution in [0.1, 0.15) is 38.9 Å². The van der Waals surface area contributed by atoms with Crippen LogP contribution in [0, 0.1) is 0 Å². The minimum absolute atomic E-state index is 0.195. The van der Waals surface area contributed by atoms with Gasteiger partial charge in [-0.15, -0.1) is 0 Å². The van der Waals surface area contributed by atoms with Crippen molar-refractivity contribution in [3.63, 3.8) is 0 Å². The van der Waals surface area contributed by atoms with Crippen LogP contribution in [0.25, 0.3) is 0 Å². The first-order valence-electron chi connectivity index (χ1n) is 6.77. The number of likely N-dealkylation sites (tertiary alicyclic amines) is 1. The summed E-state index contributed by atoms with van der Waals surface area (Å²) in [6.07, 6.45) is 2.88.